The molecule has 4 heteroatoms. The van der Waals surface area contributed by atoms with Gasteiger partial charge in [-0.2, -0.15) is 0 Å². The first-order valence-corrected chi connectivity index (χ1v) is 7.33. The number of fused-ring (bicyclic) bond motifs is 1. The van der Waals surface area contributed by atoms with Gasteiger partial charge in [-0.3, -0.25) is 0 Å². The van der Waals surface area contributed by atoms with E-state index in [-0.39, 0.29) is 0 Å². The molecule has 0 spiro atoms. The number of unbranched alkanes of at least 4 members (excludes halogenated alkanes) is 3. The minimum atomic E-state index is -0.908. The van der Waals surface area contributed by atoms with Gasteiger partial charge < -0.3 is 9.67 Å². The maximum Gasteiger partial charge on any atom is 0.335 e. The predicted molar refractivity (Wildman–Crippen MR) is 80.2 cm³/mol. The molecule has 0 bridgehead atoms. The van der Waals surface area contributed by atoms with Gasteiger partial charge in [0.05, 0.1) is 22.9 Å². The Morgan fingerprint density at radius 2 is 2.15 bits per heavy atom. The highest BCUT2D eigenvalue weighted by Crippen LogP contribution is 2.22. The van der Waals surface area contributed by atoms with Crippen LogP contribution in [0.5, 0.6) is 0 Å². The second-order valence-electron chi connectivity index (χ2n) is 5.36. The van der Waals surface area contributed by atoms with Gasteiger partial charge in [-0.15, -0.1) is 0 Å². The molecule has 1 N–H and O–H groups in total. The summed E-state index contributed by atoms with van der Waals surface area (Å²) >= 11 is 0. The van der Waals surface area contributed by atoms with E-state index in [0.717, 1.165) is 17.5 Å². The largest absolute Gasteiger partial charge is 0.478 e. The Hall–Kier alpha value is -1.84. The van der Waals surface area contributed by atoms with Crippen molar-refractivity contribution < 1.29 is 9.90 Å². The van der Waals surface area contributed by atoms with Gasteiger partial charge in [0, 0.05) is 6.04 Å². The first kappa shape index (κ1) is 14.6. The molecule has 2 aromatic rings. The van der Waals surface area contributed by atoms with Crippen molar-refractivity contribution in [3.63, 3.8) is 0 Å². The van der Waals surface area contributed by atoms with Gasteiger partial charge in [0.2, 0.25) is 0 Å². The van der Waals surface area contributed by atoms with E-state index in [1.54, 1.807) is 12.1 Å². The van der Waals surface area contributed by atoms with Crippen molar-refractivity contribution in [3.8, 4) is 0 Å². The number of hydrogen-bond acceptors (Lipinski definition) is 2. The van der Waals surface area contributed by atoms with E-state index >= 15 is 0 Å². The number of rotatable bonds is 7. The number of carboxylic acids is 1. The van der Waals surface area contributed by atoms with Gasteiger partial charge in [0.1, 0.15) is 0 Å². The third kappa shape index (κ3) is 3.18. The number of carboxylic acid groups (broad SMARTS) is 1. The van der Waals surface area contributed by atoms with Crippen molar-refractivity contribution in [3.05, 3.63) is 30.1 Å². The summed E-state index contributed by atoms with van der Waals surface area (Å²) in [6, 6.07) is 5.53. The van der Waals surface area contributed by atoms with E-state index in [1.165, 1.54) is 25.7 Å². The van der Waals surface area contributed by atoms with E-state index in [1.807, 2.05) is 12.4 Å². The Kier molecular flexibility index (Phi) is 4.77. The molecule has 0 amide bonds. The number of benzene rings is 1. The number of carbonyl (C=O) groups is 1. The molecule has 0 aliphatic carbocycles. The van der Waals surface area contributed by atoms with E-state index in [0.29, 0.717) is 11.6 Å². The average Bonchev–Trinajstić information content (AvgIpc) is 2.86. The monoisotopic (exact) mass is 274 g/mol. The third-order valence-corrected chi connectivity index (χ3v) is 3.77. The minimum absolute atomic E-state index is 0.290. The topological polar surface area (TPSA) is 55.1 Å². The zero-order valence-corrected chi connectivity index (χ0v) is 12.2. The summed E-state index contributed by atoms with van der Waals surface area (Å²) in [6.45, 7) is 4.41. The molecular formula is C16H22N2O2. The minimum Gasteiger partial charge on any atom is -0.478 e. The van der Waals surface area contributed by atoms with Gasteiger partial charge in [-0.25, -0.2) is 9.78 Å². The van der Waals surface area contributed by atoms with Crippen LogP contribution in [0.15, 0.2) is 24.5 Å². The summed E-state index contributed by atoms with van der Waals surface area (Å²) < 4.78 is 2.15. The molecule has 20 heavy (non-hydrogen) atoms. The van der Waals surface area contributed by atoms with Crippen LogP contribution in [0.4, 0.5) is 0 Å². The molecule has 4 nitrogen and oxygen atoms in total. The van der Waals surface area contributed by atoms with Crippen LogP contribution in [-0.2, 0) is 0 Å². The highest BCUT2D eigenvalue weighted by molar-refractivity contribution is 5.92. The lowest BCUT2D eigenvalue weighted by Crippen LogP contribution is -2.04. The fraction of sp³-hybridized carbons (Fsp3) is 0.500. The molecular weight excluding hydrogens is 252 g/mol. The molecule has 1 heterocycles. The summed E-state index contributed by atoms with van der Waals surface area (Å²) in [5.74, 6) is -0.908. The predicted octanol–water partition coefficient (Wildman–Crippen LogP) is 4.27. The molecule has 0 saturated heterocycles. The van der Waals surface area contributed by atoms with Crippen LogP contribution in [0, 0.1) is 0 Å². The lowest BCUT2D eigenvalue weighted by atomic mass is 10.1. The molecule has 2 rings (SSSR count). The van der Waals surface area contributed by atoms with Crippen LogP contribution in [0.25, 0.3) is 11.0 Å². The van der Waals surface area contributed by atoms with Crippen molar-refractivity contribution in [1.82, 2.24) is 9.55 Å². The fourth-order valence-corrected chi connectivity index (χ4v) is 2.52. The van der Waals surface area contributed by atoms with E-state index in [9.17, 15) is 4.79 Å². The van der Waals surface area contributed by atoms with Crippen LogP contribution in [0.1, 0.15) is 62.4 Å². The van der Waals surface area contributed by atoms with Crippen LogP contribution in [0.3, 0.4) is 0 Å². The fourth-order valence-electron chi connectivity index (χ4n) is 2.52. The Morgan fingerprint density at radius 1 is 1.35 bits per heavy atom. The van der Waals surface area contributed by atoms with Crippen molar-refractivity contribution in [2.45, 2.75) is 52.0 Å². The molecule has 0 radical (unpaired) electrons. The summed E-state index contributed by atoms with van der Waals surface area (Å²) in [5, 5.41) is 8.99. The maximum absolute atomic E-state index is 11.0. The van der Waals surface area contributed by atoms with E-state index in [4.69, 9.17) is 5.11 Å². The Morgan fingerprint density at radius 3 is 2.85 bits per heavy atom. The van der Waals surface area contributed by atoms with Gasteiger partial charge in [-0.05, 0) is 31.5 Å². The third-order valence-electron chi connectivity index (χ3n) is 3.77. The van der Waals surface area contributed by atoms with Gasteiger partial charge in [-0.1, -0.05) is 32.6 Å². The number of aromatic nitrogens is 2. The molecule has 0 aliphatic rings. The highest BCUT2D eigenvalue weighted by Gasteiger charge is 2.11. The maximum atomic E-state index is 11.0. The standard InChI is InChI=1S/C16H22N2O2/c1-3-4-5-6-7-12(2)18-11-17-14-10-13(16(19)20)8-9-15(14)18/h8-12H,3-7H2,1-2H3,(H,19,20). The van der Waals surface area contributed by atoms with E-state index in [2.05, 4.69) is 23.4 Å². The lowest BCUT2D eigenvalue weighted by Gasteiger charge is -2.14. The van der Waals surface area contributed by atoms with Gasteiger partial charge >= 0.3 is 5.97 Å². The first-order chi connectivity index (χ1) is 9.63. The number of imidazole rings is 1. The summed E-state index contributed by atoms with van der Waals surface area (Å²) in [5.41, 5.74) is 2.06. The van der Waals surface area contributed by atoms with Crippen LogP contribution < -0.4 is 0 Å². The Bertz CT molecular complexity index is 589. The molecule has 1 unspecified atom stereocenters. The molecule has 0 aliphatic heterocycles. The molecule has 0 fully saturated rings. The normalized spacial score (nSPS) is 12.7. The number of nitrogens with zero attached hydrogens (tertiary/aromatic N) is 2. The average molecular weight is 274 g/mol. The second-order valence-corrected chi connectivity index (χ2v) is 5.36. The highest BCUT2D eigenvalue weighted by atomic mass is 16.4. The van der Waals surface area contributed by atoms with Crippen molar-refractivity contribution >= 4 is 17.0 Å². The van der Waals surface area contributed by atoms with Crippen LogP contribution >= 0.6 is 0 Å². The SMILES string of the molecule is CCCCCCC(C)n1cnc2cc(C(=O)O)ccc21. The molecule has 1 atom stereocenters. The van der Waals surface area contributed by atoms with Crippen LogP contribution in [0.2, 0.25) is 0 Å². The summed E-state index contributed by atoms with van der Waals surface area (Å²) in [7, 11) is 0. The lowest BCUT2D eigenvalue weighted by molar-refractivity contribution is 0.0697. The number of aromatic carboxylic acids is 1. The Balaban J connectivity index is 2.12. The van der Waals surface area contributed by atoms with Crippen LogP contribution in [-0.4, -0.2) is 20.6 Å². The van der Waals surface area contributed by atoms with Crippen molar-refractivity contribution in [1.29, 1.82) is 0 Å². The van der Waals surface area contributed by atoms with Gasteiger partial charge in [0.15, 0.2) is 0 Å². The van der Waals surface area contributed by atoms with E-state index < -0.39 is 5.97 Å². The smallest absolute Gasteiger partial charge is 0.335 e. The quantitative estimate of drug-likeness (QED) is 0.767. The zero-order valence-electron chi connectivity index (χ0n) is 12.2. The summed E-state index contributed by atoms with van der Waals surface area (Å²) in [6.07, 6.45) is 7.99. The zero-order chi connectivity index (χ0) is 14.5. The summed E-state index contributed by atoms with van der Waals surface area (Å²) in [4.78, 5) is 15.3. The Labute approximate surface area is 119 Å². The number of hydrogen-bond donors (Lipinski definition) is 1. The second kappa shape index (κ2) is 6.55. The molecule has 1 aromatic heterocycles. The van der Waals surface area contributed by atoms with Crippen molar-refractivity contribution in [2.75, 3.05) is 0 Å². The van der Waals surface area contributed by atoms with Crippen molar-refractivity contribution in [2.24, 2.45) is 0 Å². The molecule has 1 aromatic carbocycles. The first-order valence-electron chi connectivity index (χ1n) is 7.33. The van der Waals surface area contributed by atoms with Gasteiger partial charge in [0.25, 0.3) is 0 Å². The molecule has 0 saturated carbocycles. The molecule has 108 valence electrons.